The molecule has 1 aromatic carbocycles. The van der Waals surface area contributed by atoms with E-state index in [0.717, 1.165) is 23.3 Å². The van der Waals surface area contributed by atoms with E-state index in [2.05, 4.69) is 0 Å². The van der Waals surface area contributed by atoms with Gasteiger partial charge in [-0.15, -0.1) is 0 Å². The van der Waals surface area contributed by atoms with Crippen molar-refractivity contribution in [1.82, 2.24) is 0 Å². The van der Waals surface area contributed by atoms with Crippen LogP contribution in [-0.2, 0) is 12.6 Å². The van der Waals surface area contributed by atoms with E-state index in [9.17, 15) is 13.2 Å². The van der Waals surface area contributed by atoms with E-state index >= 15 is 0 Å². The Morgan fingerprint density at radius 1 is 1.18 bits per heavy atom. The first-order valence-corrected chi connectivity index (χ1v) is 5.38. The molecule has 0 spiro atoms. The number of halogens is 3. The molecule has 0 saturated heterocycles. The van der Waals surface area contributed by atoms with Gasteiger partial charge < -0.3 is 0 Å². The van der Waals surface area contributed by atoms with Crippen molar-refractivity contribution in [3.8, 4) is 0 Å². The van der Waals surface area contributed by atoms with E-state index in [0.29, 0.717) is 6.42 Å². The van der Waals surface area contributed by atoms with E-state index in [-0.39, 0.29) is 0 Å². The van der Waals surface area contributed by atoms with E-state index in [1.165, 1.54) is 12.1 Å². The van der Waals surface area contributed by atoms with Crippen molar-refractivity contribution < 1.29 is 13.2 Å². The molecule has 1 aromatic rings. The zero-order valence-corrected chi connectivity index (χ0v) is 9.88. The number of hydrogen-bond acceptors (Lipinski definition) is 0. The van der Waals surface area contributed by atoms with Crippen molar-refractivity contribution in [2.45, 2.75) is 26.4 Å². The summed E-state index contributed by atoms with van der Waals surface area (Å²) in [5.74, 6) is 0. The average Bonchev–Trinajstić information content (AvgIpc) is 2.26. The Balaban J connectivity index is 2.76. The van der Waals surface area contributed by atoms with Gasteiger partial charge in [0.25, 0.3) is 0 Å². The third-order valence-electron chi connectivity index (χ3n) is 2.34. The topological polar surface area (TPSA) is 0 Å². The Kier molecular flexibility index (Phi) is 4.55. The van der Waals surface area contributed by atoms with Gasteiger partial charge in [0, 0.05) is 0 Å². The molecule has 17 heavy (non-hydrogen) atoms. The highest BCUT2D eigenvalue weighted by molar-refractivity contribution is 5.28. The van der Waals surface area contributed by atoms with Crippen molar-refractivity contribution in [2.75, 3.05) is 0 Å². The molecule has 0 aromatic heterocycles. The number of benzene rings is 1. The molecule has 0 nitrogen and oxygen atoms in total. The largest absolute Gasteiger partial charge is 0.416 e. The highest BCUT2D eigenvalue weighted by Gasteiger charge is 2.29. The first kappa shape index (κ1) is 13.6. The smallest absolute Gasteiger partial charge is 0.166 e. The Labute approximate surface area is 99.5 Å². The summed E-state index contributed by atoms with van der Waals surface area (Å²) in [6, 6.07) is 5.29. The molecule has 0 bridgehead atoms. The second-order valence-electron chi connectivity index (χ2n) is 3.91. The Morgan fingerprint density at radius 2 is 1.76 bits per heavy atom. The Hall–Kier alpha value is -1.51. The SMILES string of the molecule is C/C=C\C=C(/C)Cc1ccc(C(F)(F)F)cc1. The van der Waals surface area contributed by atoms with Crippen LogP contribution in [0.15, 0.2) is 48.1 Å². The molecule has 0 amide bonds. The molecule has 0 aliphatic carbocycles. The molecule has 0 atom stereocenters. The number of rotatable bonds is 3. The van der Waals surface area contributed by atoms with Crippen LogP contribution in [0, 0.1) is 0 Å². The Morgan fingerprint density at radius 3 is 2.24 bits per heavy atom. The lowest BCUT2D eigenvalue weighted by atomic mass is 10.0. The minimum atomic E-state index is -4.26. The van der Waals surface area contributed by atoms with Crippen molar-refractivity contribution in [3.63, 3.8) is 0 Å². The van der Waals surface area contributed by atoms with Gasteiger partial charge in [-0.25, -0.2) is 0 Å². The molecule has 0 heterocycles. The minimum absolute atomic E-state index is 0.601. The molecule has 0 saturated carbocycles. The fourth-order valence-corrected chi connectivity index (χ4v) is 1.45. The third kappa shape index (κ3) is 4.47. The van der Waals surface area contributed by atoms with E-state index < -0.39 is 11.7 Å². The standard InChI is InChI=1S/C14H15F3/c1-3-4-5-11(2)10-12-6-8-13(9-7-12)14(15,16)17/h3-9H,10H2,1-2H3/b4-3-,11-5+. The first-order valence-electron chi connectivity index (χ1n) is 5.38. The lowest BCUT2D eigenvalue weighted by molar-refractivity contribution is -0.137. The highest BCUT2D eigenvalue weighted by atomic mass is 19.4. The van der Waals surface area contributed by atoms with E-state index in [1.807, 2.05) is 32.1 Å². The summed E-state index contributed by atoms with van der Waals surface area (Å²) < 4.78 is 37.0. The van der Waals surface area contributed by atoms with Crippen LogP contribution >= 0.6 is 0 Å². The third-order valence-corrected chi connectivity index (χ3v) is 2.34. The maximum atomic E-state index is 12.3. The fraction of sp³-hybridized carbons (Fsp3) is 0.286. The van der Waals surface area contributed by atoms with Crippen molar-refractivity contribution in [1.29, 1.82) is 0 Å². The molecule has 3 heteroatoms. The second-order valence-corrected chi connectivity index (χ2v) is 3.91. The summed E-state index contributed by atoms with van der Waals surface area (Å²) in [4.78, 5) is 0. The monoisotopic (exact) mass is 240 g/mol. The fourth-order valence-electron chi connectivity index (χ4n) is 1.45. The average molecular weight is 240 g/mol. The van der Waals surface area contributed by atoms with Crippen molar-refractivity contribution in [2.24, 2.45) is 0 Å². The number of alkyl halides is 3. The van der Waals surface area contributed by atoms with Crippen LogP contribution in [0.4, 0.5) is 13.2 Å². The van der Waals surface area contributed by atoms with E-state index in [1.54, 1.807) is 0 Å². The van der Waals surface area contributed by atoms with Crippen LogP contribution in [0.5, 0.6) is 0 Å². The highest BCUT2D eigenvalue weighted by Crippen LogP contribution is 2.29. The van der Waals surface area contributed by atoms with Crippen LogP contribution in [-0.4, -0.2) is 0 Å². The van der Waals surface area contributed by atoms with Gasteiger partial charge in [-0.05, 0) is 38.0 Å². The molecule has 0 aliphatic heterocycles. The molecule has 0 N–H and O–H groups in total. The van der Waals surface area contributed by atoms with Crippen molar-refractivity contribution >= 4 is 0 Å². The quantitative estimate of drug-likeness (QED) is 0.667. The maximum Gasteiger partial charge on any atom is 0.416 e. The summed E-state index contributed by atoms with van der Waals surface area (Å²) in [6.07, 6.45) is 2.20. The predicted octanol–water partition coefficient (Wildman–Crippen LogP) is 4.77. The molecular weight excluding hydrogens is 225 g/mol. The van der Waals surface area contributed by atoms with Gasteiger partial charge in [-0.2, -0.15) is 13.2 Å². The molecule has 0 fully saturated rings. The summed E-state index contributed by atoms with van der Waals surface area (Å²) in [7, 11) is 0. The van der Waals surface area contributed by atoms with Gasteiger partial charge in [0.2, 0.25) is 0 Å². The Bertz CT molecular complexity index is 408. The summed E-state index contributed by atoms with van der Waals surface area (Å²) in [5.41, 5.74) is 1.40. The van der Waals surface area contributed by atoms with Crippen LogP contribution in [0.1, 0.15) is 25.0 Å². The number of allylic oxidation sites excluding steroid dienone is 4. The van der Waals surface area contributed by atoms with Crippen LogP contribution < -0.4 is 0 Å². The zero-order chi connectivity index (χ0) is 12.9. The predicted molar refractivity (Wildman–Crippen MR) is 63.7 cm³/mol. The van der Waals surface area contributed by atoms with E-state index in [4.69, 9.17) is 0 Å². The second kappa shape index (κ2) is 5.71. The van der Waals surface area contributed by atoms with Crippen LogP contribution in [0.2, 0.25) is 0 Å². The summed E-state index contributed by atoms with van der Waals surface area (Å²) in [5, 5.41) is 0. The van der Waals surface area contributed by atoms with Gasteiger partial charge in [0.15, 0.2) is 0 Å². The minimum Gasteiger partial charge on any atom is -0.166 e. The zero-order valence-electron chi connectivity index (χ0n) is 9.88. The number of hydrogen-bond donors (Lipinski definition) is 0. The summed E-state index contributed by atoms with van der Waals surface area (Å²) >= 11 is 0. The van der Waals surface area contributed by atoms with Gasteiger partial charge in [0.05, 0.1) is 5.56 Å². The molecule has 1 rings (SSSR count). The van der Waals surface area contributed by atoms with Gasteiger partial charge in [-0.1, -0.05) is 35.9 Å². The van der Waals surface area contributed by atoms with Crippen LogP contribution in [0.3, 0.4) is 0 Å². The van der Waals surface area contributed by atoms with Gasteiger partial charge in [-0.3, -0.25) is 0 Å². The molecule has 0 radical (unpaired) electrons. The molecular formula is C14H15F3. The summed E-state index contributed by atoms with van der Waals surface area (Å²) in [6.45, 7) is 3.87. The molecule has 0 unspecified atom stereocenters. The normalized spacial score (nSPS) is 13.4. The molecule has 92 valence electrons. The maximum absolute atomic E-state index is 12.3. The lowest BCUT2D eigenvalue weighted by Gasteiger charge is -2.07. The molecule has 0 aliphatic rings. The van der Waals surface area contributed by atoms with Gasteiger partial charge >= 0.3 is 6.18 Å². The lowest BCUT2D eigenvalue weighted by Crippen LogP contribution is -2.04. The van der Waals surface area contributed by atoms with Crippen LogP contribution in [0.25, 0.3) is 0 Å². The van der Waals surface area contributed by atoms with Gasteiger partial charge in [0.1, 0.15) is 0 Å². The van der Waals surface area contributed by atoms with Crippen molar-refractivity contribution in [3.05, 3.63) is 59.2 Å². The first-order chi connectivity index (χ1) is 7.93.